The Morgan fingerprint density at radius 2 is 2.06 bits per heavy atom. The van der Waals surface area contributed by atoms with Crippen LogP contribution in [0.15, 0.2) is 30.3 Å². The van der Waals surface area contributed by atoms with Crippen LogP contribution in [0, 0.1) is 10.1 Å². The van der Waals surface area contributed by atoms with Gasteiger partial charge in [-0.2, -0.15) is 4.68 Å². The zero-order valence-corrected chi connectivity index (χ0v) is 11.4. The van der Waals surface area contributed by atoms with Gasteiger partial charge in [-0.05, 0) is 10.5 Å². The van der Waals surface area contributed by atoms with Crippen LogP contribution in [-0.4, -0.2) is 14.7 Å². The molecule has 94 valence electrons. The third-order valence-electron chi connectivity index (χ3n) is 2.77. The van der Waals surface area contributed by atoms with Gasteiger partial charge in [-0.25, -0.2) is 0 Å². The van der Waals surface area contributed by atoms with Crippen LogP contribution >= 0.6 is 15.9 Å². The van der Waals surface area contributed by atoms with Crippen molar-refractivity contribution in [2.45, 2.75) is 11.8 Å². The van der Waals surface area contributed by atoms with Crippen molar-refractivity contribution in [3.63, 3.8) is 0 Å². The SMILES string of the molecule is Cn1nc([N+](=O)[O-])c(CBr)c1Cc1ccccc1. The van der Waals surface area contributed by atoms with E-state index < -0.39 is 4.92 Å². The maximum absolute atomic E-state index is 10.9. The number of aromatic nitrogens is 2. The number of rotatable bonds is 4. The number of nitrogens with zero attached hydrogens (tertiary/aromatic N) is 3. The summed E-state index contributed by atoms with van der Waals surface area (Å²) in [6.45, 7) is 0. The third kappa shape index (κ3) is 2.43. The van der Waals surface area contributed by atoms with E-state index in [-0.39, 0.29) is 5.82 Å². The van der Waals surface area contributed by atoms with Gasteiger partial charge in [0.1, 0.15) is 0 Å². The molecule has 2 aromatic rings. The van der Waals surface area contributed by atoms with Crippen LogP contribution in [0.1, 0.15) is 16.8 Å². The van der Waals surface area contributed by atoms with Gasteiger partial charge in [0, 0.05) is 11.8 Å². The van der Waals surface area contributed by atoms with Crippen LogP contribution in [-0.2, 0) is 18.8 Å². The topological polar surface area (TPSA) is 61.0 Å². The van der Waals surface area contributed by atoms with E-state index in [1.54, 1.807) is 11.7 Å². The summed E-state index contributed by atoms with van der Waals surface area (Å²) < 4.78 is 1.59. The molecule has 0 saturated heterocycles. The monoisotopic (exact) mass is 309 g/mol. The molecule has 5 nitrogen and oxygen atoms in total. The van der Waals surface area contributed by atoms with Crippen molar-refractivity contribution in [1.29, 1.82) is 0 Å². The van der Waals surface area contributed by atoms with E-state index in [0.717, 1.165) is 11.3 Å². The van der Waals surface area contributed by atoms with Crippen LogP contribution in [0.25, 0.3) is 0 Å². The molecule has 0 bridgehead atoms. The van der Waals surface area contributed by atoms with Gasteiger partial charge in [0.15, 0.2) is 0 Å². The molecule has 2 rings (SSSR count). The summed E-state index contributed by atoms with van der Waals surface area (Å²) in [5, 5.41) is 15.3. The maximum Gasteiger partial charge on any atom is 0.394 e. The molecular formula is C12H12BrN3O2. The Morgan fingerprint density at radius 1 is 1.39 bits per heavy atom. The number of hydrogen-bond acceptors (Lipinski definition) is 3. The molecule has 18 heavy (non-hydrogen) atoms. The number of nitro groups is 1. The first-order valence-electron chi connectivity index (χ1n) is 5.42. The summed E-state index contributed by atoms with van der Waals surface area (Å²) in [5.41, 5.74) is 2.62. The van der Waals surface area contributed by atoms with Crippen molar-refractivity contribution in [3.8, 4) is 0 Å². The van der Waals surface area contributed by atoms with E-state index in [0.29, 0.717) is 17.3 Å². The van der Waals surface area contributed by atoms with Crippen LogP contribution in [0.5, 0.6) is 0 Å². The third-order valence-corrected chi connectivity index (χ3v) is 3.34. The summed E-state index contributed by atoms with van der Waals surface area (Å²) in [4.78, 5) is 10.5. The van der Waals surface area contributed by atoms with E-state index in [1.165, 1.54) is 0 Å². The first-order valence-corrected chi connectivity index (χ1v) is 6.54. The summed E-state index contributed by atoms with van der Waals surface area (Å²) in [7, 11) is 1.73. The van der Waals surface area contributed by atoms with Crippen LogP contribution in [0.3, 0.4) is 0 Å². The second-order valence-electron chi connectivity index (χ2n) is 3.93. The van der Waals surface area contributed by atoms with Crippen molar-refractivity contribution in [2.24, 2.45) is 7.05 Å². The van der Waals surface area contributed by atoms with Gasteiger partial charge in [0.25, 0.3) is 0 Å². The molecule has 1 aromatic heterocycles. The predicted octanol–water partition coefficient (Wildman–Crippen LogP) is 2.81. The second-order valence-corrected chi connectivity index (χ2v) is 4.49. The highest BCUT2D eigenvalue weighted by molar-refractivity contribution is 9.08. The Labute approximate surface area is 113 Å². The second kappa shape index (κ2) is 5.30. The molecule has 1 aromatic carbocycles. The summed E-state index contributed by atoms with van der Waals surface area (Å²) in [6.07, 6.45) is 0.638. The zero-order valence-electron chi connectivity index (χ0n) is 9.84. The summed E-state index contributed by atoms with van der Waals surface area (Å²) >= 11 is 3.30. The molecule has 0 saturated carbocycles. The zero-order chi connectivity index (χ0) is 13.1. The number of alkyl halides is 1. The van der Waals surface area contributed by atoms with Crippen LogP contribution < -0.4 is 0 Å². The summed E-state index contributed by atoms with van der Waals surface area (Å²) in [6, 6.07) is 9.84. The van der Waals surface area contributed by atoms with Gasteiger partial charge in [0.05, 0.1) is 23.4 Å². The molecule has 0 atom stereocenters. The van der Waals surface area contributed by atoms with Gasteiger partial charge < -0.3 is 10.1 Å². The van der Waals surface area contributed by atoms with Crippen LogP contribution in [0.2, 0.25) is 0 Å². The molecule has 0 aliphatic rings. The molecule has 0 N–H and O–H groups in total. The predicted molar refractivity (Wildman–Crippen MR) is 71.7 cm³/mol. The Bertz CT molecular complexity index is 566. The van der Waals surface area contributed by atoms with E-state index >= 15 is 0 Å². The smallest absolute Gasteiger partial charge is 0.358 e. The minimum atomic E-state index is -0.439. The lowest BCUT2D eigenvalue weighted by molar-refractivity contribution is -0.390. The lowest BCUT2D eigenvalue weighted by Crippen LogP contribution is -2.01. The molecule has 0 amide bonds. The highest BCUT2D eigenvalue weighted by atomic mass is 79.9. The van der Waals surface area contributed by atoms with Gasteiger partial charge in [-0.1, -0.05) is 46.3 Å². The molecule has 0 aliphatic heterocycles. The first kappa shape index (κ1) is 12.8. The number of halogens is 1. The van der Waals surface area contributed by atoms with Crippen LogP contribution in [0.4, 0.5) is 5.82 Å². The van der Waals surface area contributed by atoms with Crippen molar-refractivity contribution in [1.82, 2.24) is 9.78 Å². The van der Waals surface area contributed by atoms with Crippen molar-refractivity contribution >= 4 is 21.7 Å². The molecule has 0 radical (unpaired) electrons. The molecule has 1 heterocycles. The number of hydrogen-bond donors (Lipinski definition) is 0. The number of benzene rings is 1. The fourth-order valence-corrected chi connectivity index (χ4v) is 2.46. The first-order chi connectivity index (χ1) is 8.63. The van der Waals surface area contributed by atoms with Gasteiger partial charge >= 0.3 is 5.82 Å². The molecule has 0 spiro atoms. The molecule has 0 aliphatic carbocycles. The van der Waals surface area contributed by atoms with Gasteiger partial charge in [-0.3, -0.25) is 0 Å². The largest absolute Gasteiger partial charge is 0.394 e. The Morgan fingerprint density at radius 3 is 2.61 bits per heavy atom. The maximum atomic E-state index is 10.9. The van der Waals surface area contributed by atoms with Gasteiger partial charge in [0.2, 0.25) is 0 Å². The van der Waals surface area contributed by atoms with Gasteiger partial charge in [-0.15, -0.1) is 0 Å². The minimum absolute atomic E-state index is 0.0692. The average Bonchev–Trinajstić information content (AvgIpc) is 2.68. The van der Waals surface area contributed by atoms with E-state index in [4.69, 9.17) is 0 Å². The summed E-state index contributed by atoms with van der Waals surface area (Å²) in [5.74, 6) is -0.0692. The molecule has 0 unspecified atom stereocenters. The molecule has 0 fully saturated rings. The minimum Gasteiger partial charge on any atom is -0.358 e. The van der Waals surface area contributed by atoms with E-state index in [1.807, 2.05) is 30.3 Å². The fourth-order valence-electron chi connectivity index (χ4n) is 1.88. The Balaban J connectivity index is 2.41. The Kier molecular flexibility index (Phi) is 3.76. The molecular weight excluding hydrogens is 298 g/mol. The number of aryl methyl sites for hydroxylation is 1. The lowest BCUT2D eigenvalue weighted by atomic mass is 10.1. The van der Waals surface area contributed by atoms with Crippen molar-refractivity contribution in [3.05, 3.63) is 57.3 Å². The standard InChI is InChI=1S/C12H12BrN3O2/c1-15-11(7-9-5-3-2-4-6-9)10(8-13)12(14-15)16(17)18/h2-6H,7-8H2,1H3. The van der Waals surface area contributed by atoms with Crippen molar-refractivity contribution < 1.29 is 4.92 Å². The van der Waals surface area contributed by atoms with E-state index in [2.05, 4.69) is 21.0 Å². The average molecular weight is 310 g/mol. The molecule has 6 heteroatoms. The normalized spacial score (nSPS) is 10.6. The van der Waals surface area contributed by atoms with Crippen molar-refractivity contribution in [2.75, 3.05) is 0 Å². The highest BCUT2D eigenvalue weighted by Gasteiger charge is 2.24. The van der Waals surface area contributed by atoms with E-state index in [9.17, 15) is 10.1 Å². The lowest BCUT2D eigenvalue weighted by Gasteiger charge is -2.02. The highest BCUT2D eigenvalue weighted by Crippen LogP contribution is 2.25. The fraction of sp³-hybridized carbons (Fsp3) is 0.250. The quantitative estimate of drug-likeness (QED) is 0.495. The Hall–Kier alpha value is -1.69.